The molecule has 1 aliphatic carbocycles. The minimum Gasteiger partial charge on any atom is -0.497 e. The number of ether oxygens (including phenoxy) is 1. The molecule has 0 unspecified atom stereocenters. The van der Waals surface area contributed by atoms with Crippen molar-refractivity contribution in [2.24, 2.45) is 0 Å². The van der Waals surface area contributed by atoms with Crippen LogP contribution in [0.1, 0.15) is 37.7 Å². The number of nitrogens with zero attached hydrogens (tertiary/aromatic N) is 2. The van der Waals surface area contributed by atoms with Crippen molar-refractivity contribution >= 4 is 17.8 Å². The Kier molecular flexibility index (Phi) is 6.11. The molecule has 2 N–H and O–H groups in total. The van der Waals surface area contributed by atoms with Gasteiger partial charge in [0.15, 0.2) is 0 Å². The molecule has 0 spiro atoms. The largest absolute Gasteiger partial charge is 0.497 e. The molecule has 4 rings (SSSR count). The fraction of sp³-hybridized carbons (Fsp3) is 0.591. The summed E-state index contributed by atoms with van der Waals surface area (Å²) in [5, 5.41) is 5.97. The average Bonchev–Trinajstić information content (AvgIpc) is 2.78. The highest BCUT2D eigenvalue weighted by Gasteiger charge is 2.44. The Bertz CT molecular complexity index is 791. The third-order valence-electron chi connectivity index (χ3n) is 6.40. The first-order chi connectivity index (χ1) is 14.5. The number of hydrogen-bond donors (Lipinski definition) is 2. The molecule has 162 valence electrons. The number of nitrogens with one attached hydrogen (secondary N) is 2. The molecule has 4 amide bonds. The minimum absolute atomic E-state index is 0.0808. The molecule has 3 aliphatic rings. The second-order valence-electron chi connectivity index (χ2n) is 8.39. The van der Waals surface area contributed by atoms with E-state index in [1.54, 1.807) is 16.9 Å². The number of methoxy groups -OCH3 is 1. The van der Waals surface area contributed by atoms with Crippen molar-refractivity contribution in [1.29, 1.82) is 0 Å². The molecule has 0 bridgehead atoms. The van der Waals surface area contributed by atoms with Crippen LogP contribution in [0.3, 0.4) is 0 Å². The zero-order valence-corrected chi connectivity index (χ0v) is 17.4. The van der Waals surface area contributed by atoms with Gasteiger partial charge in [-0.15, -0.1) is 0 Å². The SMILES string of the molecule is COc1ccc(C[C@@H]2NC(=O)[C@H]3CN(C(=O)NC4CCCCC4)CCN3C2=O)cc1. The van der Waals surface area contributed by atoms with Crippen molar-refractivity contribution in [1.82, 2.24) is 20.4 Å². The molecule has 2 aliphatic heterocycles. The molecule has 8 heteroatoms. The van der Waals surface area contributed by atoms with Crippen LogP contribution < -0.4 is 15.4 Å². The molecule has 0 radical (unpaired) electrons. The number of hydrogen-bond acceptors (Lipinski definition) is 4. The predicted octanol–water partition coefficient (Wildman–Crippen LogP) is 1.29. The first kappa shape index (κ1) is 20.5. The summed E-state index contributed by atoms with van der Waals surface area (Å²) >= 11 is 0. The maximum Gasteiger partial charge on any atom is 0.317 e. The Labute approximate surface area is 176 Å². The number of benzene rings is 1. The fourth-order valence-corrected chi connectivity index (χ4v) is 4.63. The van der Waals surface area contributed by atoms with Crippen LogP contribution in [0.5, 0.6) is 5.75 Å². The van der Waals surface area contributed by atoms with Gasteiger partial charge in [-0.25, -0.2) is 4.79 Å². The summed E-state index contributed by atoms with van der Waals surface area (Å²) in [5.74, 6) is 0.478. The van der Waals surface area contributed by atoms with Crippen LogP contribution in [0, 0.1) is 0 Å². The summed E-state index contributed by atoms with van der Waals surface area (Å²) < 4.78 is 5.16. The summed E-state index contributed by atoms with van der Waals surface area (Å²) in [6.07, 6.45) is 5.99. The van der Waals surface area contributed by atoms with E-state index >= 15 is 0 Å². The maximum absolute atomic E-state index is 13.0. The Balaban J connectivity index is 1.36. The minimum atomic E-state index is -0.615. The van der Waals surface area contributed by atoms with E-state index in [0.29, 0.717) is 19.5 Å². The molecular formula is C22H30N4O4. The summed E-state index contributed by atoms with van der Waals surface area (Å²) in [6.45, 7) is 1.07. The van der Waals surface area contributed by atoms with E-state index in [2.05, 4.69) is 10.6 Å². The van der Waals surface area contributed by atoms with Gasteiger partial charge < -0.3 is 25.2 Å². The van der Waals surface area contributed by atoms with Gasteiger partial charge in [-0.05, 0) is 30.5 Å². The zero-order valence-electron chi connectivity index (χ0n) is 17.4. The Hall–Kier alpha value is -2.77. The number of piperazine rings is 2. The Morgan fingerprint density at radius 2 is 1.87 bits per heavy atom. The van der Waals surface area contributed by atoms with Crippen LogP contribution in [-0.4, -0.2) is 72.5 Å². The van der Waals surface area contributed by atoms with Crippen molar-refractivity contribution in [2.75, 3.05) is 26.7 Å². The molecule has 2 heterocycles. The van der Waals surface area contributed by atoms with E-state index in [-0.39, 0.29) is 30.4 Å². The highest BCUT2D eigenvalue weighted by Crippen LogP contribution is 2.21. The van der Waals surface area contributed by atoms with Gasteiger partial charge in [0.1, 0.15) is 17.8 Å². The number of fused-ring (bicyclic) bond motifs is 1. The van der Waals surface area contributed by atoms with Crippen molar-refractivity contribution in [3.05, 3.63) is 29.8 Å². The van der Waals surface area contributed by atoms with E-state index in [4.69, 9.17) is 4.74 Å². The molecule has 1 aromatic carbocycles. The van der Waals surface area contributed by atoms with E-state index < -0.39 is 12.1 Å². The summed E-state index contributed by atoms with van der Waals surface area (Å²) in [5.41, 5.74) is 0.957. The topological polar surface area (TPSA) is 91.0 Å². The smallest absolute Gasteiger partial charge is 0.317 e. The van der Waals surface area contributed by atoms with Crippen molar-refractivity contribution in [3.8, 4) is 5.75 Å². The van der Waals surface area contributed by atoms with Crippen LogP contribution in [0.25, 0.3) is 0 Å². The molecule has 2 atom stereocenters. The van der Waals surface area contributed by atoms with Crippen LogP contribution in [0.15, 0.2) is 24.3 Å². The van der Waals surface area contributed by atoms with Gasteiger partial charge in [-0.1, -0.05) is 31.4 Å². The van der Waals surface area contributed by atoms with Crippen LogP contribution >= 0.6 is 0 Å². The highest BCUT2D eigenvalue weighted by molar-refractivity contribution is 5.97. The quantitative estimate of drug-likeness (QED) is 0.777. The van der Waals surface area contributed by atoms with Crippen molar-refractivity contribution in [3.63, 3.8) is 0 Å². The van der Waals surface area contributed by atoms with Crippen molar-refractivity contribution < 1.29 is 19.1 Å². The van der Waals surface area contributed by atoms with Gasteiger partial charge in [0, 0.05) is 25.6 Å². The van der Waals surface area contributed by atoms with Crippen LogP contribution in [-0.2, 0) is 16.0 Å². The number of carbonyl (C=O) groups excluding carboxylic acids is 3. The lowest BCUT2D eigenvalue weighted by Gasteiger charge is -2.45. The Morgan fingerprint density at radius 3 is 2.57 bits per heavy atom. The van der Waals surface area contributed by atoms with Gasteiger partial charge in [0.05, 0.1) is 13.7 Å². The number of rotatable bonds is 4. The van der Waals surface area contributed by atoms with E-state index in [9.17, 15) is 14.4 Å². The third kappa shape index (κ3) is 4.37. The molecule has 8 nitrogen and oxygen atoms in total. The van der Waals surface area contributed by atoms with Crippen molar-refractivity contribution in [2.45, 2.75) is 56.7 Å². The second kappa shape index (κ2) is 8.93. The molecule has 1 aromatic rings. The van der Waals surface area contributed by atoms with Crippen LogP contribution in [0.2, 0.25) is 0 Å². The number of urea groups is 1. The van der Waals surface area contributed by atoms with E-state index in [0.717, 1.165) is 37.0 Å². The Morgan fingerprint density at radius 1 is 1.13 bits per heavy atom. The molecule has 3 fully saturated rings. The first-order valence-electron chi connectivity index (χ1n) is 10.8. The second-order valence-corrected chi connectivity index (χ2v) is 8.39. The lowest BCUT2D eigenvalue weighted by molar-refractivity contribution is -0.152. The van der Waals surface area contributed by atoms with Gasteiger partial charge >= 0.3 is 6.03 Å². The lowest BCUT2D eigenvalue weighted by Crippen LogP contribution is -2.70. The molecule has 1 saturated carbocycles. The maximum atomic E-state index is 13.0. The molecule has 30 heavy (non-hydrogen) atoms. The number of amides is 4. The highest BCUT2D eigenvalue weighted by atomic mass is 16.5. The first-order valence-corrected chi connectivity index (χ1v) is 10.8. The standard InChI is InChI=1S/C22H30N4O4/c1-30-17-9-7-15(8-10-17)13-18-21(28)26-12-11-25(14-19(26)20(27)24-18)22(29)23-16-5-3-2-4-6-16/h7-10,16,18-19H,2-6,11-14H2,1H3,(H,23,29)(H,24,27)/t18-,19+/m0/s1. The lowest BCUT2D eigenvalue weighted by atomic mass is 9.95. The van der Waals surface area contributed by atoms with E-state index in [1.165, 1.54) is 6.42 Å². The molecular weight excluding hydrogens is 384 g/mol. The average molecular weight is 415 g/mol. The molecule has 0 aromatic heterocycles. The normalized spacial score (nSPS) is 24.8. The van der Waals surface area contributed by atoms with E-state index in [1.807, 2.05) is 24.3 Å². The molecule has 2 saturated heterocycles. The van der Waals surface area contributed by atoms with Gasteiger partial charge in [-0.3, -0.25) is 9.59 Å². The fourth-order valence-electron chi connectivity index (χ4n) is 4.63. The van der Waals surface area contributed by atoms with Gasteiger partial charge in [0.25, 0.3) is 0 Å². The summed E-state index contributed by atoms with van der Waals surface area (Å²) in [6, 6.07) is 6.39. The zero-order chi connectivity index (χ0) is 21.1. The monoisotopic (exact) mass is 414 g/mol. The predicted molar refractivity (Wildman–Crippen MR) is 111 cm³/mol. The number of carbonyl (C=O) groups is 3. The van der Waals surface area contributed by atoms with Gasteiger partial charge in [-0.2, -0.15) is 0 Å². The van der Waals surface area contributed by atoms with Crippen LogP contribution in [0.4, 0.5) is 4.79 Å². The van der Waals surface area contributed by atoms with Gasteiger partial charge in [0.2, 0.25) is 11.8 Å². The summed E-state index contributed by atoms with van der Waals surface area (Å²) in [7, 11) is 1.61. The third-order valence-corrected chi connectivity index (χ3v) is 6.40. The summed E-state index contributed by atoms with van der Waals surface area (Å²) in [4.78, 5) is 41.7.